The summed E-state index contributed by atoms with van der Waals surface area (Å²) in [5.41, 5.74) is 0.872. The van der Waals surface area contributed by atoms with E-state index in [4.69, 9.17) is 16.7 Å². The van der Waals surface area contributed by atoms with Crippen LogP contribution in [0.4, 0.5) is 5.69 Å². The number of nitrogens with zero attached hydrogens (tertiary/aromatic N) is 1. The number of anilines is 1. The topological polar surface area (TPSA) is 41.6 Å². The largest absolute Gasteiger partial charge is 0.355 e. The molecule has 0 saturated carbocycles. The van der Waals surface area contributed by atoms with Gasteiger partial charge in [-0.05, 0) is 48.6 Å². The molecular formula is C14H23N2O2PS2. The molecule has 1 rings (SSSR count). The summed E-state index contributed by atoms with van der Waals surface area (Å²) in [7, 11) is 1.72. The van der Waals surface area contributed by atoms with Crippen molar-refractivity contribution in [3.8, 4) is 0 Å². The predicted molar refractivity (Wildman–Crippen MR) is 97.0 cm³/mol. The Morgan fingerprint density at radius 2 is 2.00 bits per heavy atom. The zero-order valence-electron chi connectivity index (χ0n) is 12.7. The molecule has 0 aliphatic rings. The molecule has 0 spiro atoms. The second-order valence-electron chi connectivity index (χ2n) is 4.45. The second kappa shape index (κ2) is 9.46. The summed E-state index contributed by atoms with van der Waals surface area (Å²) in [6, 6.07) is 9.60. The highest BCUT2D eigenvalue weighted by atomic mass is 32.7. The van der Waals surface area contributed by atoms with Crippen molar-refractivity contribution in [3.05, 3.63) is 30.3 Å². The van der Waals surface area contributed by atoms with E-state index in [0.29, 0.717) is 11.7 Å². The molecule has 118 valence electrons. The van der Waals surface area contributed by atoms with Gasteiger partial charge < -0.3 is 9.84 Å². The van der Waals surface area contributed by atoms with Crippen molar-refractivity contribution >= 4 is 41.1 Å². The van der Waals surface area contributed by atoms with Crippen molar-refractivity contribution in [3.63, 3.8) is 0 Å². The molecule has 1 atom stereocenters. The molecule has 0 amide bonds. The number of rotatable bonds is 8. The van der Waals surface area contributed by atoms with Crippen molar-refractivity contribution in [2.45, 2.75) is 26.7 Å². The van der Waals surface area contributed by atoms with Crippen molar-refractivity contribution in [1.82, 2.24) is 4.67 Å². The lowest BCUT2D eigenvalue weighted by atomic mass is 10.3. The van der Waals surface area contributed by atoms with Crippen LogP contribution in [0.3, 0.4) is 0 Å². The van der Waals surface area contributed by atoms with E-state index in [9.17, 15) is 4.57 Å². The van der Waals surface area contributed by atoms with Gasteiger partial charge in [-0.2, -0.15) is 0 Å². The van der Waals surface area contributed by atoms with Gasteiger partial charge in [0.05, 0.1) is 6.61 Å². The lowest BCUT2D eigenvalue weighted by molar-refractivity contribution is 0.305. The maximum absolute atomic E-state index is 13.0. The average molecular weight is 346 g/mol. The van der Waals surface area contributed by atoms with E-state index in [-0.39, 0.29) is 0 Å². The minimum absolute atomic E-state index is 0.407. The molecule has 0 aliphatic heterocycles. The SMILES string of the molecule is CCCOP(=O)(SCCC)N(C)C(=S)Nc1ccccc1. The summed E-state index contributed by atoms with van der Waals surface area (Å²) in [4.78, 5) is 0. The molecule has 0 heterocycles. The highest BCUT2D eigenvalue weighted by Gasteiger charge is 2.31. The normalized spacial score (nSPS) is 13.5. The number of para-hydroxylation sites is 1. The zero-order valence-corrected chi connectivity index (χ0v) is 15.3. The van der Waals surface area contributed by atoms with Gasteiger partial charge >= 0.3 is 6.72 Å². The Morgan fingerprint density at radius 1 is 1.33 bits per heavy atom. The maximum atomic E-state index is 13.0. The Kier molecular flexibility index (Phi) is 8.34. The van der Waals surface area contributed by atoms with Gasteiger partial charge in [0.15, 0.2) is 5.11 Å². The van der Waals surface area contributed by atoms with Gasteiger partial charge in [0.2, 0.25) is 0 Å². The fraction of sp³-hybridized carbons (Fsp3) is 0.500. The summed E-state index contributed by atoms with van der Waals surface area (Å²) in [5, 5.41) is 3.50. The average Bonchev–Trinajstić information content (AvgIpc) is 2.51. The molecule has 0 aromatic heterocycles. The number of hydrogen-bond donors (Lipinski definition) is 1. The van der Waals surface area contributed by atoms with Gasteiger partial charge in [0.1, 0.15) is 0 Å². The minimum atomic E-state index is -2.99. The third-order valence-corrected chi connectivity index (χ3v) is 8.05. The molecule has 0 bridgehead atoms. The van der Waals surface area contributed by atoms with E-state index in [2.05, 4.69) is 12.2 Å². The third kappa shape index (κ3) is 5.99. The quantitative estimate of drug-likeness (QED) is 0.528. The first-order valence-corrected chi connectivity index (χ1v) is 10.6. The summed E-state index contributed by atoms with van der Waals surface area (Å²) < 4.78 is 20.2. The van der Waals surface area contributed by atoms with Crippen molar-refractivity contribution in [2.75, 3.05) is 24.7 Å². The Labute approximate surface area is 136 Å². The van der Waals surface area contributed by atoms with Crippen LogP contribution in [0, 0.1) is 0 Å². The fourth-order valence-corrected chi connectivity index (χ4v) is 6.03. The molecule has 0 radical (unpaired) electrons. The molecule has 1 aromatic rings. The fourth-order valence-electron chi connectivity index (χ4n) is 1.46. The molecular weight excluding hydrogens is 323 g/mol. The van der Waals surface area contributed by atoms with Crippen LogP contribution in [0.15, 0.2) is 30.3 Å². The van der Waals surface area contributed by atoms with Crippen molar-refractivity contribution < 1.29 is 9.09 Å². The minimum Gasteiger partial charge on any atom is -0.332 e. The molecule has 1 unspecified atom stereocenters. The third-order valence-electron chi connectivity index (χ3n) is 2.60. The molecule has 4 nitrogen and oxygen atoms in total. The molecule has 21 heavy (non-hydrogen) atoms. The van der Waals surface area contributed by atoms with Crippen LogP contribution in [0.5, 0.6) is 0 Å². The highest BCUT2D eigenvalue weighted by molar-refractivity contribution is 8.56. The van der Waals surface area contributed by atoms with E-state index >= 15 is 0 Å². The standard InChI is InChI=1S/C14H23N2O2PS2/c1-4-11-18-19(17,21-12-5-2)16(3)14(20)15-13-9-7-6-8-10-13/h6-10H,4-5,11-12H2,1-3H3,(H,15,20). The van der Waals surface area contributed by atoms with E-state index in [1.165, 1.54) is 11.4 Å². The van der Waals surface area contributed by atoms with Crippen LogP contribution < -0.4 is 5.32 Å². The van der Waals surface area contributed by atoms with Crippen LogP contribution in [0.1, 0.15) is 26.7 Å². The molecule has 1 aromatic carbocycles. The number of thiocarbonyl (C=S) groups is 1. The molecule has 0 fully saturated rings. The summed E-state index contributed by atoms with van der Waals surface area (Å²) >= 11 is 6.70. The molecule has 0 aliphatic carbocycles. The van der Waals surface area contributed by atoms with Gasteiger partial charge in [-0.15, -0.1) is 0 Å². The lowest BCUT2D eigenvalue weighted by Gasteiger charge is -2.29. The van der Waals surface area contributed by atoms with Crippen LogP contribution in [0.2, 0.25) is 0 Å². The van der Waals surface area contributed by atoms with E-state index < -0.39 is 6.72 Å². The van der Waals surface area contributed by atoms with E-state index in [1.807, 2.05) is 37.3 Å². The Bertz CT molecular complexity index is 473. The molecule has 0 saturated heterocycles. The highest BCUT2D eigenvalue weighted by Crippen LogP contribution is 2.62. The van der Waals surface area contributed by atoms with Gasteiger partial charge in [-0.25, -0.2) is 0 Å². The van der Waals surface area contributed by atoms with E-state index in [1.54, 1.807) is 11.7 Å². The van der Waals surface area contributed by atoms with Crippen LogP contribution >= 0.6 is 30.3 Å². The monoisotopic (exact) mass is 346 g/mol. The zero-order chi connectivity index (χ0) is 15.7. The first kappa shape index (κ1) is 18.5. The Hall–Kier alpha value is -0.550. The van der Waals surface area contributed by atoms with Gasteiger partial charge in [-0.1, -0.05) is 32.0 Å². The Balaban J connectivity index is 2.76. The van der Waals surface area contributed by atoms with Crippen molar-refractivity contribution in [1.29, 1.82) is 0 Å². The maximum Gasteiger partial charge on any atom is 0.355 e. The second-order valence-corrected chi connectivity index (χ2v) is 9.46. The first-order chi connectivity index (χ1) is 10.0. The van der Waals surface area contributed by atoms with Gasteiger partial charge in [0, 0.05) is 18.5 Å². The number of hydrogen-bond acceptors (Lipinski definition) is 4. The molecule has 1 N–H and O–H groups in total. The predicted octanol–water partition coefficient (Wildman–Crippen LogP) is 4.99. The number of nitrogens with one attached hydrogen (secondary N) is 1. The summed E-state index contributed by atoms with van der Waals surface area (Å²) in [6.07, 6.45) is 1.76. The van der Waals surface area contributed by atoms with E-state index in [0.717, 1.165) is 24.3 Å². The molecule has 7 heteroatoms. The van der Waals surface area contributed by atoms with Crippen LogP contribution in [-0.4, -0.2) is 29.2 Å². The lowest BCUT2D eigenvalue weighted by Crippen LogP contribution is -2.28. The van der Waals surface area contributed by atoms with Gasteiger partial charge in [0.25, 0.3) is 0 Å². The van der Waals surface area contributed by atoms with Crippen LogP contribution in [0.25, 0.3) is 0 Å². The number of benzene rings is 1. The van der Waals surface area contributed by atoms with Crippen molar-refractivity contribution in [2.24, 2.45) is 0 Å². The smallest absolute Gasteiger partial charge is 0.332 e. The summed E-state index contributed by atoms with van der Waals surface area (Å²) in [6.45, 7) is 1.52. The summed E-state index contributed by atoms with van der Waals surface area (Å²) in [5.74, 6) is 0.777. The first-order valence-electron chi connectivity index (χ1n) is 7.02. The van der Waals surface area contributed by atoms with Gasteiger partial charge in [-0.3, -0.25) is 9.24 Å². The van der Waals surface area contributed by atoms with Crippen LogP contribution in [-0.2, 0) is 9.09 Å². The Morgan fingerprint density at radius 3 is 2.57 bits per heavy atom.